The van der Waals surface area contributed by atoms with Gasteiger partial charge in [-0.3, -0.25) is 9.11 Å². The van der Waals surface area contributed by atoms with Gasteiger partial charge in [0, 0.05) is 18.9 Å². The zero-order valence-corrected chi connectivity index (χ0v) is 7.98. The van der Waals surface area contributed by atoms with E-state index in [4.69, 9.17) is 17.5 Å². The SMILES string of the molecule is CCCn1ccnc1.O=S(=O)(O)O. The van der Waals surface area contributed by atoms with Crippen molar-refractivity contribution < 1.29 is 17.5 Å². The molecule has 1 rings (SSSR count). The molecule has 76 valence electrons. The zero-order valence-electron chi connectivity index (χ0n) is 7.16. The molecular formula is C6H12N2O4S. The van der Waals surface area contributed by atoms with Crippen LogP contribution in [0.25, 0.3) is 0 Å². The summed E-state index contributed by atoms with van der Waals surface area (Å²) in [5.74, 6) is 0. The van der Waals surface area contributed by atoms with Crippen LogP contribution >= 0.6 is 0 Å². The highest BCUT2D eigenvalue weighted by Gasteiger charge is 1.84. The van der Waals surface area contributed by atoms with Crippen LogP contribution in [0.1, 0.15) is 13.3 Å². The molecule has 0 radical (unpaired) electrons. The summed E-state index contributed by atoms with van der Waals surface area (Å²) in [5.41, 5.74) is 0. The molecule has 0 aliphatic rings. The van der Waals surface area contributed by atoms with E-state index in [1.165, 1.54) is 6.42 Å². The van der Waals surface area contributed by atoms with Gasteiger partial charge in [0.05, 0.1) is 6.33 Å². The van der Waals surface area contributed by atoms with Gasteiger partial charge >= 0.3 is 10.4 Å². The number of aryl methyl sites for hydroxylation is 1. The van der Waals surface area contributed by atoms with E-state index in [0.29, 0.717) is 0 Å². The summed E-state index contributed by atoms with van der Waals surface area (Å²) >= 11 is 0. The van der Waals surface area contributed by atoms with Crippen LogP contribution in [0.2, 0.25) is 0 Å². The van der Waals surface area contributed by atoms with Gasteiger partial charge in [-0.1, -0.05) is 6.92 Å². The van der Waals surface area contributed by atoms with Crippen molar-refractivity contribution in [3.63, 3.8) is 0 Å². The first-order chi connectivity index (χ1) is 5.93. The number of rotatable bonds is 2. The molecule has 0 saturated carbocycles. The summed E-state index contributed by atoms with van der Waals surface area (Å²) in [7, 11) is -4.67. The molecule has 1 aromatic rings. The van der Waals surface area contributed by atoms with Crippen LogP contribution in [0.5, 0.6) is 0 Å². The topological polar surface area (TPSA) is 92.4 Å². The number of hydrogen-bond acceptors (Lipinski definition) is 3. The van der Waals surface area contributed by atoms with Crippen molar-refractivity contribution >= 4 is 10.4 Å². The molecule has 0 fully saturated rings. The fraction of sp³-hybridized carbons (Fsp3) is 0.500. The van der Waals surface area contributed by atoms with E-state index in [-0.39, 0.29) is 0 Å². The Morgan fingerprint density at radius 1 is 1.46 bits per heavy atom. The fourth-order valence-corrected chi connectivity index (χ4v) is 0.677. The Morgan fingerprint density at radius 2 is 2.00 bits per heavy atom. The van der Waals surface area contributed by atoms with Crippen LogP contribution in [0.3, 0.4) is 0 Å². The summed E-state index contributed by atoms with van der Waals surface area (Å²) in [4.78, 5) is 3.90. The average molecular weight is 208 g/mol. The lowest BCUT2D eigenvalue weighted by Gasteiger charge is -1.93. The third-order valence-corrected chi connectivity index (χ3v) is 1.04. The van der Waals surface area contributed by atoms with Gasteiger partial charge in [0.25, 0.3) is 0 Å². The third kappa shape index (κ3) is 11.1. The minimum atomic E-state index is -4.67. The molecule has 0 saturated heterocycles. The number of nitrogens with zero attached hydrogens (tertiary/aromatic N) is 2. The quantitative estimate of drug-likeness (QED) is 0.696. The molecule has 0 aliphatic carbocycles. The van der Waals surface area contributed by atoms with E-state index >= 15 is 0 Å². The predicted molar refractivity (Wildman–Crippen MR) is 46.7 cm³/mol. The van der Waals surface area contributed by atoms with Crippen molar-refractivity contribution in [3.05, 3.63) is 18.7 Å². The van der Waals surface area contributed by atoms with E-state index in [1.807, 2.05) is 12.5 Å². The maximum atomic E-state index is 8.74. The number of imidazole rings is 1. The van der Waals surface area contributed by atoms with E-state index in [9.17, 15) is 0 Å². The first-order valence-electron chi connectivity index (χ1n) is 3.59. The zero-order chi connectivity index (χ0) is 10.3. The third-order valence-electron chi connectivity index (χ3n) is 1.04. The molecular weight excluding hydrogens is 196 g/mol. The van der Waals surface area contributed by atoms with Gasteiger partial charge in [-0.2, -0.15) is 8.42 Å². The van der Waals surface area contributed by atoms with Crippen LogP contribution in [-0.2, 0) is 16.9 Å². The molecule has 0 aromatic carbocycles. The molecule has 7 heteroatoms. The molecule has 1 aromatic heterocycles. The molecule has 6 nitrogen and oxygen atoms in total. The lowest BCUT2D eigenvalue weighted by molar-refractivity contribution is 0.381. The van der Waals surface area contributed by atoms with Crippen molar-refractivity contribution in [2.75, 3.05) is 0 Å². The van der Waals surface area contributed by atoms with Crippen molar-refractivity contribution in [3.8, 4) is 0 Å². The molecule has 0 bridgehead atoms. The summed E-state index contributed by atoms with van der Waals surface area (Å²) < 4.78 is 33.7. The van der Waals surface area contributed by atoms with Crippen LogP contribution < -0.4 is 0 Å². The molecule has 2 N–H and O–H groups in total. The minimum Gasteiger partial charge on any atom is -0.338 e. The molecule has 0 atom stereocenters. The van der Waals surface area contributed by atoms with Crippen molar-refractivity contribution in [1.29, 1.82) is 0 Å². The van der Waals surface area contributed by atoms with Crippen LogP contribution in [0.15, 0.2) is 18.7 Å². The van der Waals surface area contributed by atoms with Gasteiger partial charge in [-0.05, 0) is 6.42 Å². The average Bonchev–Trinajstić information content (AvgIpc) is 2.36. The Balaban J connectivity index is 0.000000252. The van der Waals surface area contributed by atoms with Crippen LogP contribution in [0.4, 0.5) is 0 Å². The second-order valence-electron chi connectivity index (χ2n) is 2.25. The van der Waals surface area contributed by atoms with E-state index in [1.54, 1.807) is 6.20 Å². The Hall–Kier alpha value is -0.920. The van der Waals surface area contributed by atoms with Gasteiger partial charge in [0.1, 0.15) is 0 Å². The number of aromatic nitrogens is 2. The Morgan fingerprint density at radius 3 is 2.31 bits per heavy atom. The van der Waals surface area contributed by atoms with Crippen LogP contribution in [-0.4, -0.2) is 27.1 Å². The Bertz CT molecular complexity index is 297. The first-order valence-corrected chi connectivity index (χ1v) is 4.98. The molecule has 0 amide bonds. The second kappa shape index (κ2) is 5.68. The van der Waals surface area contributed by atoms with E-state index < -0.39 is 10.4 Å². The highest BCUT2D eigenvalue weighted by atomic mass is 32.3. The highest BCUT2D eigenvalue weighted by Crippen LogP contribution is 1.87. The van der Waals surface area contributed by atoms with Gasteiger partial charge < -0.3 is 4.57 Å². The second-order valence-corrected chi connectivity index (χ2v) is 3.14. The monoisotopic (exact) mass is 208 g/mol. The minimum absolute atomic E-state index is 1.08. The summed E-state index contributed by atoms with van der Waals surface area (Å²) in [6, 6.07) is 0. The summed E-state index contributed by atoms with van der Waals surface area (Å²) in [6.07, 6.45) is 6.79. The molecule has 13 heavy (non-hydrogen) atoms. The summed E-state index contributed by atoms with van der Waals surface area (Å²) in [6.45, 7) is 3.24. The maximum absolute atomic E-state index is 8.74. The highest BCUT2D eigenvalue weighted by molar-refractivity contribution is 7.79. The van der Waals surface area contributed by atoms with Crippen molar-refractivity contribution in [1.82, 2.24) is 9.55 Å². The largest absolute Gasteiger partial charge is 0.394 e. The summed E-state index contributed by atoms with van der Waals surface area (Å²) in [5, 5.41) is 0. The lowest BCUT2D eigenvalue weighted by atomic mass is 10.5. The van der Waals surface area contributed by atoms with Gasteiger partial charge in [0.2, 0.25) is 0 Å². The molecule has 0 aliphatic heterocycles. The van der Waals surface area contributed by atoms with Gasteiger partial charge in [0.15, 0.2) is 0 Å². The van der Waals surface area contributed by atoms with Crippen molar-refractivity contribution in [2.24, 2.45) is 0 Å². The Labute approximate surface area is 76.8 Å². The normalized spacial score (nSPS) is 10.4. The Kier molecular flexibility index (Phi) is 5.28. The number of hydrogen-bond donors (Lipinski definition) is 2. The molecule has 0 spiro atoms. The lowest BCUT2D eigenvalue weighted by Crippen LogP contribution is -1.90. The first kappa shape index (κ1) is 12.1. The molecule has 1 heterocycles. The van der Waals surface area contributed by atoms with Gasteiger partial charge in [-0.15, -0.1) is 0 Å². The van der Waals surface area contributed by atoms with Crippen LogP contribution in [0, 0.1) is 0 Å². The molecule has 0 unspecified atom stereocenters. The van der Waals surface area contributed by atoms with Gasteiger partial charge in [-0.25, -0.2) is 4.98 Å². The smallest absolute Gasteiger partial charge is 0.338 e. The maximum Gasteiger partial charge on any atom is 0.394 e. The van der Waals surface area contributed by atoms with E-state index in [2.05, 4.69) is 16.5 Å². The van der Waals surface area contributed by atoms with Crippen molar-refractivity contribution in [2.45, 2.75) is 19.9 Å². The predicted octanol–water partition coefficient (Wildman–Crippen LogP) is 0.640. The van der Waals surface area contributed by atoms with E-state index in [0.717, 1.165) is 6.54 Å². The fourth-order valence-electron chi connectivity index (χ4n) is 0.677. The standard InChI is InChI=1S/C6H10N2.H2O4S/c1-2-4-8-5-3-7-6-8;1-5(2,3)4/h3,5-6H,2,4H2,1H3;(H2,1,2,3,4).